The van der Waals surface area contributed by atoms with Gasteiger partial charge in [-0.2, -0.15) is 0 Å². The van der Waals surface area contributed by atoms with Crippen LogP contribution in [0.15, 0.2) is 16.8 Å². The highest BCUT2D eigenvalue weighted by molar-refractivity contribution is 7.22. The second-order valence-electron chi connectivity index (χ2n) is 4.38. The first-order chi connectivity index (χ1) is 8.27. The van der Waals surface area contributed by atoms with E-state index < -0.39 is 0 Å². The number of rotatable bonds is 6. The smallest absolute Gasteiger partial charge is 0.176 e. The first-order valence-corrected chi connectivity index (χ1v) is 8.02. The van der Waals surface area contributed by atoms with Crippen molar-refractivity contribution in [2.24, 2.45) is 5.92 Å². The van der Waals surface area contributed by atoms with Crippen molar-refractivity contribution in [3.63, 3.8) is 0 Å². The van der Waals surface area contributed by atoms with Crippen molar-refractivity contribution in [2.45, 2.75) is 39.5 Å². The molecule has 0 saturated heterocycles. The predicted molar refractivity (Wildman–Crippen MR) is 77.3 cm³/mol. The van der Waals surface area contributed by atoms with E-state index in [-0.39, 0.29) is 5.92 Å². The van der Waals surface area contributed by atoms with E-state index in [1.807, 2.05) is 0 Å². The first kappa shape index (κ1) is 12.8. The number of ketones is 1. The van der Waals surface area contributed by atoms with Crippen molar-refractivity contribution in [2.75, 3.05) is 0 Å². The molecule has 2 rings (SSSR count). The van der Waals surface area contributed by atoms with E-state index in [9.17, 15) is 4.79 Å². The molecule has 0 amide bonds. The molecular weight excluding hydrogens is 248 g/mol. The van der Waals surface area contributed by atoms with Crippen molar-refractivity contribution >= 4 is 38.5 Å². The van der Waals surface area contributed by atoms with Crippen LogP contribution in [-0.2, 0) is 0 Å². The molecule has 92 valence electrons. The van der Waals surface area contributed by atoms with Gasteiger partial charge in [0.1, 0.15) is 0 Å². The topological polar surface area (TPSA) is 17.1 Å². The van der Waals surface area contributed by atoms with Gasteiger partial charge in [-0.3, -0.25) is 4.79 Å². The predicted octanol–water partition coefficient (Wildman–Crippen LogP) is 5.36. The number of hydrogen-bond donors (Lipinski definition) is 0. The van der Waals surface area contributed by atoms with E-state index >= 15 is 0 Å². The van der Waals surface area contributed by atoms with Crippen molar-refractivity contribution < 1.29 is 4.79 Å². The van der Waals surface area contributed by atoms with Crippen molar-refractivity contribution in [3.05, 3.63) is 21.7 Å². The molecule has 1 atom stereocenters. The number of fused-ring (bicyclic) bond motifs is 1. The van der Waals surface area contributed by atoms with Crippen LogP contribution < -0.4 is 0 Å². The zero-order chi connectivity index (χ0) is 12.3. The number of unbranched alkanes of at least 4 members (excludes halogenated alkanes) is 1. The second-order valence-corrected chi connectivity index (χ2v) is 6.20. The molecule has 0 spiro atoms. The van der Waals surface area contributed by atoms with E-state index in [1.54, 1.807) is 22.7 Å². The Balaban J connectivity index is 2.21. The third-order valence-electron chi connectivity index (χ3n) is 3.22. The highest BCUT2D eigenvalue weighted by atomic mass is 32.1. The van der Waals surface area contributed by atoms with Crippen LogP contribution in [0.3, 0.4) is 0 Å². The molecule has 0 fully saturated rings. The molecule has 2 aromatic heterocycles. The molecule has 0 aliphatic carbocycles. The van der Waals surface area contributed by atoms with Crippen LogP contribution in [0, 0.1) is 5.92 Å². The van der Waals surface area contributed by atoms with Gasteiger partial charge in [-0.15, -0.1) is 22.7 Å². The van der Waals surface area contributed by atoms with Crippen LogP contribution in [-0.4, -0.2) is 5.78 Å². The van der Waals surface area contributed by atoms with E-state index in [1.165, 1.54) is 16.5 Å². The lowest BCUT2D eigenvalue weighted by Crippen LogP contribution is -2.12. The summed E-state index contributed by atoms with van der Waals surface area (Å²) in [4.78, 5) is 13.4. The van der Waals surface area contributed by atoms with Gasteiger partial charge in [0.25, 0.3) is 0 Å². The molecule has 2 heterocycles. The first-order valence-electron chi connectivity index (χ1n) is 6.26. The van der Waals surface area contributed by atoms with E-state index in [4.69, 9.17) is 0 Å². The molecule has 2 aromatic rings. The standard InChI is InChI=1S/C14H18OS2/c1-3-5-6-10(4-2)13(15)14-11-7-8-16-12(11)9-17-14/h7-10H,3-6H2,1-2H3. The van der Waals surface area contributed by atoms with Crippen molar-refractivity contribution in [1.29, 1.82) is 0 Å². The minimum atomic E-state index is 0.219. The Morgan fingerprint density at radius 1 is 1.35 bits per heavy atom. The van der Waals surface area contributed by atoms with Crippen molar-refractivity contribution in [3.8, 4) is 0 Å². The molecule has 0 aliphatic heterocycles. The number of hydrogen-bond acceptors (Lipinski definition) is 3. The van der Waals surface area contributed by atoms with E-state index in [0.717, 1.165) is 24.1 Å². The molecule has 0 N–H and O–H groups in total. The quantitative estimate of drug-likeness (QED) is 0.643. The minimum Gasteiger partial charge on any atom is -0.293 e. The Morgan fingerprint density at radius 3 is 2.88 bits per heavy atom. The van der Waals surface area contributed by atoms with Gasteiger partial charge in [-0.25, -0.2) is 0 Å². The maximum Gasteiger partial charge on any atom is 0.176 e. The molecule has 0 aromatic carbocycles. The fourth-order valence-electron chi connectivity index (χ4n) is 2.12. The summed E-state index contributed by atoms with van der Waals surface area (Å²) in [6.07, 6.45) is 4.32. The molecule has 17 heavy (non-hydrogen) atoms. The number of thiophene rings is 2. The Morgan fingerprint density at radius 2 is 2.18 bits per heavy atom. The van der Waals surface area contributed by atoms with Gasteiger partial charge in [-0.1, -0.05) is 26.7 Å². The molecule has 0 radical (unpaired) electrons. The zero-order valence-electron chi connectivity index (χ0n) is 10.4. The monoisotopic (exact) mass is 266 g/mol. The fourth-order valence-corrected chi connectivity index (χ4v) is 4.14. The normalized spacial score (nSPS) is 13.1. The Hall–Kier alpha value is -0.670. The Kier molecular flexibility index (Phi) is 4.35. The van der Waals surface area contributed by atoms with Gasteiger partial charge in [0.2, 0.25) is 0 Å². The van der Waals surface area contributed by atoms with Crippen LogP contribution >= 0.6 is 22.7 Å². The SMILES string of the molecule is CCCCC(CC)C(=O)c1scc2sccc12. The summed E-state index contributed by atoms with van der Waals surface area (Å²) >= 11 is 3.34. The highest BCUT2D eigenvalue weighted by Crippen LogP contribution is 2.33. The summed E-state index contributed by atoms with van der Waals surface area (Å²) in [5.74, 6) is 0.580. The van der Waals surface area contributed by atoms with Crippen LogP contribution in [0.1, 0.15) is 49.2 Å². The maximum absolute atomic E-state index is 12.5. The lowest BCUT2D eigenvalue weighted by Gasteiger charge is -2.11. The number of Topliss-reactive ketones (excluding diaryl/α,β-unsaturated/α-hetero) is 1. The Labute approximate surface area is 110 Å². The van der Waals surface area contributed by atoms with Crippen LogP contribution in [0.4, 0.5) is 0 Å². The molecule has 0 bridgehead atoms. The van der Waals surface area contributed by atoms with E-state index in [0.29, 0.717) is 5.78 Å². The summed E-state index contributed by atoms with van der Waals surface area (Å²) in [7, 11) is 0. The zero-order valence-corrected chi connectivity index (χ0v) is 12.0. The number of carbonyl (C=O) groups is 1. The second kappa shape index (κ2) is 5.78. The van der Waals surface area contributed by atoms with Crippen LogP contribution in [0.25, 0.3) is 10.1 Å². The minimum absolute atomic E-state index is 0.219. The molecule has 0 aliphatic rings. The molecule has 1 unspecified atom stereocenters. The summed E-state index contributed by atoms with van der Waals surface area (Å²) < 4.78 is 1.25. The van der Waals surface area contributed by atoms with Crippen LogP contribution in [0.5, 0.6) is 0 Å². The van der Waals surface area contributed by atoms with Crippen molar-refractivity contribution in [1.82, 2.24) is 0 Å². The summed E-state index contributed by atoms with van der Waals surface area (Å²) in [6.45, 7) is 4.30. The largest absolute Gasteiger partial charge is 0.293 e. The maximum atomic E-state index is 12.5. The molecular formula is C14H18OS2. The molecule has 0 saturated carbocycles. The van der Waals surface area contributed by atoms with Crippen LogP contribution in [0.2, 0.25) is 0 Å². The summed E-state index contributed by atoms with van der Waals surface area (Å²) in [5, 5.41) is 5.35. The lowest BCUT2D eigenvalue weighted by molar-refractivity contribution is 0.0914. The number of carbonyl (C=O) groups excluding carboxylic acids is 1. The summed E-state index contributed by atoms with van der Waals surface area (Å²) in [5.41, 5.74) is 0. The summed E-state index contributed by atoms with van der Waals surface area (Å²) in [6, 6.07) is 2.08. The highest BCUT2D eigenvalue weighted by Gasteiger charge is 2.21. The average molecular weight is 266 g/mol. The molecule has 3 heteroatoms. The van der Waals surface area contributed by atoms with Gasteiger partial charge in [0.15, 0.2) is 5.78 Å². The van der Waals surface area contributed by atoms with E-state index in [2.05, 4.69) is 30.7 Å². The van der Waals surface area contributed by atoms with Gasteiger partial charge in [-0.05, 0) is 24.3 Å². The fraction of sp³-hybridized carbons (Fsp3) is 0.500. The average Bonchev–Trinajstić information content (AvgIpc) is 2.91. The lowest BCUT2D eigenvalue weighted by atomic mass is 9.93. The third-order valence-corrected chi connectivity index (χ3v) is 5.24. The Bertz CT molecular complexity index is 495. The van der Waals surface area contributed by atoms with Gasteiger partial charge in [0, 0.05) is 21.4 Å². The van der Waals surface area contributed by atoms with Gasteiger partial charge in [0.05, 0.1) is 4.88 Å². The van der Waals surface area contributed by atoms with Gasteiger partial charge < -0.3 is 0 Å². The third kappa shape index (κ3) is 2.61. The van der Waals surface area contributed by atoms with Gasteiger partial charge >= 0.3 is 0 Å². The molecule has 1 nitrogen and oxygen atoms in total.